The van der Waals surface area contributed by atoms with Crippen molar-refractivity contribution >= 4 is 11.6 Å². The molecule has 1 aromatic rings. The first-order chi connectivity index (χ1) is 9.78. The molecule has 4 heteroatoms. The van der Waals surface area contributed by atoms with E-state index in [-0.39, 0.29) is 17.5 Å². The van der Waals surface area contributed by atoms with Crippen LogP contribution >= 0.6 is 11.6 Å². The van der Waals surface area contributed by atoms with Crippen LogP contribution in [0.1, 0.15) is 45.1 Å². The average Bonchev–Trinajstić information content (AvgIpc) is 2.42. The Morgan fingerprint density at radius 3 is 2.43 bits per heavy atom. The molecule has 0 aromatic heterocycles. The fraction of sp³-hybridized carbons (Fsp3) is 0.647. The summed E-state index contributed by atoms with van der Waals surface area (Å²) in [6.07, 6.45) is 4.72. The van der Waals surface area contributed by atoms with Crippen LogP contribution in [0.25, 0.3) is 0 Å². The smallest absolute Gasteiger partial charge is 0.124 e. The molecule has 1 aliphatic rings. The fourth-order valence-corrected chi connectivity index (χ4v) is 3.43. The average molecular weight is 314 g/mol. The largest absolute Gasteiger partial charge is 0.377 e. The van der Waals surface area contributed by atoms with Crippen LogP contribution in [-0.2, 0) is 11.2 Å². The summed E-state index contributed by atoms with van der Waals surface area (Å²) in [5.41, 5.74) is 7.38. The second kappa shape index (κ2) is 6.23. The van der Waals surface area contributed by atoms with Gasteiger partial charge < -0.3 is 10.5 Å². The summed E-state index contributed by atoms with van der Waals surface area (Å²) < 4.78 is 19.0. The summed E-state index contributed by atoms with van der Waals surface area (Å²) in [5, 5.41) is 0.438. The van der Waals surface area contributed by atoms with Crippen LogP contribution in [0.15, 0.2) is 18.2 Å². The number of rotatable bonds is 4. The van der Waals surface area contributed by atoms with Gasteiger partial charge >= 0.3 is 0 Å². The molecule has 2 N–H and O–H groups in total. The van der Waals surface area contributed by atoms with Gasteiger partial charge in [0.15, 0.2) is 0 Å². The Morgan fingerprint density at radius 1 is 1.29 bits per heavy atom. The van der Waals surface area contributed by atoms with Gasteiger partial charge in [-0.2, -0.15) is 0 Å². The van der Waals surface area contributed by atoms with Gasteiger partial charge in [0.1, 0.15) is 5.82 Å². The molecule has 21 heavy (non-hydrogen) atoms. The van der Waals surface area contributed by atoms with Crippen molar-refractivity contribution in [3.63, 3.8) is 0 Å². The van der Waals surface area contributed by atoms with Gasteiger partial charge in [-0.05, 0) is 55.2 Å². The van der Waals surface area contributed by atoms with E-state index in [9.17, 15) is 4.39 Å². The first-order valence-electron chi connectivity index (χ1n) is 7.53. The highest BCUT2D eigenvalue weighted by Gasteiger charge is 2.42. The summed E-state index contributed by atoms with van der Waals surface area (Å²) >= 11 is 6.11. The molecule has 2 nitrogen and oxygen atoms in total. The SMILES string of the molecule is COC1(C(N)Cc2ccc(F)cc2Cl)CCC(C)(C)CC1. The molecule has 0 heterocycles. The molecule has 0 bridgehead atoms. The Kier molecular flexibility index (Phi) is 4.96. The zero-order valence-electron chi connectivity index (χ0n) is 13.1. The molecular weight excluding hydrogens is 289 g/mol. The highest BCUT2D eigenvalue weighted by molar-refractivity contribution is 6.31. The van der Waals surface area contributed by atoms with Crippen LogP contribution in [0, 0.1) is 11.2 Å². The minimum absolute atomic E-state index is 0.137. The molecule has 0 saturated heterocycles. The lowest BCUT2D eigenvalue weighted by atomic mass is 9.68. The molecule has 1 unspecified atom stereocenters. The van der Waals surface area contributed by atoms with E-state index in [1.165, 1.54) is 12.1 Å². The second-order valence-corrected chi connectivity index (χ2v) is 7.39. The second-order valence-electron chi connectivity index (χ2n) is 6.98. The molecule has 2 rings (SSSR count). The van der Waals surface area contributed by atoms with Crippen molar-refractivity contribution in [3.8, 4) is 0 Å². The monoisotopic (exact) mass is 313 g/mol. The topological polar surface area (TPSA) is 35.2 Å². The Labute approximate surface area is 131 Å². The van der Waals surface area contributed by atoms with Gasteiger partial charge in [0.05, 0.1) is 5.60 Å². The molecule has 1 saturated carbocycles. The van der Waals surface area contributed by atoms with Crippen molar-refractivity contribution in [2.24, 2.45) is 11.1 Å². The first kappa shape index (κ1) is 16.7. The van der Waals surface area contributed by atoms with Crippen molar-refractivity contribution in [3.05, 3.63) is 34.6 Å². The van der Waals surface area contributed by atoms with E-state index >= 15 is 0 Å². The van der Waals surface area contributed by atoms with Gasteiger partial charge in [0.2, 0.25) is 0 Å². The van der Waals surface area contributed by atoms with Gasteiger partial charge in [-0.1, -0.05) is 31.5 Å². The standard InChI is InChI=1S/C17H25ClFNO/c1-16(2)6-8-17(21-3,9-7-16)15(20)10-12-4-5-13(19)11-14(12)18/h4-5,11,15H,6-10,20H2,1-3H3. The summed E-state index contributed by atoms with van der Waals surface area (Å²) in [4.78, 5) is 0. The number of methoxy groups -OCH3 is 1. The number of hydrogen-bond acceptors (Lipinski definition) is 2. The van der Waals surface area contributed by atoms with Crippen LogP contribution < -0.4 is 5.73 Å². The third kappa shape index (κ3) is 3.77. The van der Waals surface area contributed by atoms with Gasteiger partial charge in [0.25, 0.3) is 0 Å². The van der Waals surface area contributed by atoms with Gasteiger partial charge in [-0.3, -0.25) is 0 Å². The number of ether oxygens (including phenoxy) is 1. The normalized spacial score (nSPS) is 22.0. The van der Waals surface area contributed by atoms with Crippen molar-refractivity contribution < 1.29 is 9.13 Å². The number of nitrogens with two attached hydrogens (primary N) is 1. The van der Waals surface area contributed by atoms with Crippen LogP contribution in [-0.4, -0.2) is 18.8 Å². The van der Waals surface area contributed by atoms with Crippen molar-refractivity contribution in [2.45, 2.75) is 57.6 Å². The maximum atomic E-state index is 13.1. The van der Waals surface area contributed by atoms with E-state index in [0.29, 0.717) is 16.9 Å². The lowest BCUT2D eigenvalue weighted by molar-refractivity contribution is -0.0781. The highest BCUT2D eigenvalue weighted by atomic mass is 35.5. The molecule has 118 valence electrons. The van der Waals surface area contributed by atoms with E-state index < -0.39 is 0 Å². The minimum atomic E-state index is -0.321. The minimum Gasteiger partial charge on any atom is -0.377 e. The molecular formula is C17H25ClFNO. The third-order valence-corrected chi connectivity index (χ3v) is 5.34. The number of benzene rings is 1. The van der Waals surface area contributed by atoms with Crippen LogP contribution in [0.4, 0.5) is 4.39 Å². The Hall–Kier alpha value is -0.640. The predicted octanol–water partition coefficient (Wildman–Crippen LogP) is 4.33. The molecule has 0 spiro atoms. The van der Waals surface area contributed by atoms with Gasteiger partial charge in [0, 0.05) is 18.2 Å². The third-order valence-electron chi connectivity index (χ3n) is 4.99. The molecule has 0 amide bonds. The summed E-state index contributed by atoms with van der Waals surface area (Å²) in [6, 6.07) is 4.35. The zero-order valence-corrected chi connectivity index (χ0v) is 13.8. The maximum absolute atomic E-state index is 13.1. The van der Waals surface area contributed by atoms with E-state index in [1.54, 1.807) is 13.2 Å². The van der Waals surface area contributed by atoms with Crippen LogP contribution in [0.2, 0.25) is 5.02 Å². The molecule has 0 radical (unpaired) electrons. The van der Waals surface area contributed by atoms with E-state index in [0.717, 1.165) is 31.2 Å². The quantitative estimate of drug-likeness (QED) is 0.897. The van der Waals surface area contributed by atoms with E-state index in [2.05, 4.69) is 13.8 Å². The van der Waals surface area contributed by atoms with Crippen LogP contribution in [0.5, 0.6) is 0 Å². The summed E-state index contributed by atoms with van der Waals surface area (Å²) in [5.74, 6) is -0.321. The summed E-state index contributed by atoms with van der Waals surface area (Å²) in [7, 11) is 1.74. The summed E-state index contributed by atoms with van der Waals surface area (Å²) in [6.45, 7) is 4.57. The Bertz CT molecular complexity index is 494. The van der Waals surface area contributed by atoms with Crippen LogP contribution in [0.3, 0.4) is 0 Å². The number of halogens is 2. The Balaban J connectivity index is 2.12. The van der Waals surface area contributed by atoms with Crippen molar-refractivity contribution in [2.75, 3.05) is 7.11 Å². The first-order valence-corrected chi connectivity index (χ1v) is 7.90. The molecule has 0 aliphatic heterocycles. The van der Waals surface area contributed by atoms with E-state index in [4.69, 9.17) is 22.1 Å². The maximum Gasteiger partial charge on any atom is 0.124 e. The highest BCUT2D eigenvalue weighted by Crippen LogP contribution is 2.43. The molecule has 1 atom stereocenters. The van der Waals surface area contributed by atoms with Gasteiger partial charge in [-0.25, -0.2) is 4.39 Å². The number of hydrogen-bond donors (Lipinski definition) is 1. The molecule has 1 fully saturated rings. The zero-order chi connectivity index (χ0) is 15.7. The predicted molar refractivity (Wildman–Crippen MR) is 85.1 cm³/mol. The van der Waals surface area contributed by atoms with Gasteiger partial charge in [-0.15, -0.1) is 0 Å². The fourth-order valence-electron chi connectivity index (χ4n) is 3.19. The van der Waals surface area contributed by atoms with Crippen molar-refractivity contribution in [1.82, 2.24) is 0 Å². The molecule has 1 aliphatic carbocycles. The molecule has 1 aromatic carbocycles. The Morgan fingerprint density at radius 2 is 1.90 bits per heavy atom. The van der Waals surface area contributed by atoms with E-state index in [1.807, 2.05) is 0 Å². The lowest BCUT2D eigenvalue weighted by Crippen LogP contribution is -2.53. The lowest BCUT2D eigenvalue weighted by Gasteiger charge is -2.46. The van der Waals surface area contributed by atoms with Crippen molar-refractivity contribution in [1.29, 1.82) is 0 Å².